The molecule has 126 valence electrons. The largest absolute Gasteiger partial charge is 0.508 e. The van der Waals surface area contributed by atoms with Gasteiger partial charge in [0.2, 0.25) is 5.28 Å². The Kier molecular flexibility index (Phi) is 4.32. The lowest BCUT2D eigenvalue weighted by Gasteiger charge is -2.28. The van der Waals surface area contributed by atoms with Gasteiger partial charge >= 0.3 is 0 Å². The Morgan fingerprint density at radius 1 is 1.29 bits per heavy atom. The fourth-order valence-electron chi connectivity index (χ4n) is 2.86. The van der Waals surface area contributed by atoms with Crippen LogP contribution in [0.25, 0.3) is 0 Å². The third-order valence-electron chi connectivity index (χ3n) is 4.19. The second kappa shape index (κ2) is 6.28. The average Bonchev–Trinajstić information content (AvgIpc) is 2.53. The Bertz CT molecular complexity index is 808. The zero-order chi connectivity index (χ0) is 17.4. The van der Waals surface area contributed by atoms with Gasteiger partial charge in [-0.1, -0.05) is 13.8 Å². The fraction of sp³-hybridized carbons (Fsp3) is 0.353. The highest BCUT2D eigenvalue weighted by molar-refractivity contribution is 6.28. The van der Waals surface area contributed by atoms with E-state index in [-0.39, 0.29) is 34.2 Å². The van der Waals surface area contributed by atoms with Crippen molar-refractivity contribution in [3.05, 3.63) is 46.0 Å². The van der Waals surface area contributed by atoms with Gasteiger partial charge in [-0.3, -0.25) is 4.79 Å². The van der Waals surface area contributed by atoms with Gasteiger partial charge in [0, 0.05) is 37.3 Å². The Morgan fingerprint density at radius 2 is 2.04 bits per heavy atom. The molecular weight excluding hydrogens is 330 g/mol. The van der Waals surface area contributed by atoms with E-state index in [1.54, 1.807) is 17.2 Å². The lowest BCUT2D eigenvalue weighted by atomic mass is 9.97. The number of halogens is 1. The maximum Gasteiger partial charge on any atom is 0.257 e. The molecule has 0 spiro atoms. The minimum absolute atomic E-state index is 0.00826. The molecule has 1 aliphatic heterocycles. The predicted octanol–water partition coefficient (Wildman–Crippen LogP) is 2.86. The van der Waals surface area contributed by atoms with E-state index in [0.717, 1.165) is 11.3 Å². The molecular formula is C17H18ClN3O3. The number of carbonyl (C=O) groups excluding carboxylic acids is 1. The highest BCUT2D eigenvalue weighted by Gasteiger charge is 2.26. The van der Waals surface area contributed by atoms with E-state index in [1.807, 2.05) is 13.8 Å². The SMILES string of the molecule is CC(C)c1cc(C(=O)N2CCc3nc(Cl)ncc3C2)c(O)cc1O. The van der Waals surface area contributed by atoms with Crippen molar-refractivity contribution in [3.63, 3.8) is 0 Å². The van der Waals surface area contributed by atoms with E-state index >= 15 is 0 Å². The van der Waals surface area contributed by atoms with E-state index in [0.29, 0.717) is 25.1 Å². The van der Waals surface area contributed by atoms with E-state index in [9.17, 15) is 15.0 Å². The lowest BCUT2D eigenvalue weighted by Crippen LogP contribution is -2.36. The number of carbonyl (C=O) groups is 1. The van der Waals surface area contributed by atoms with Crippen LogP contribution in [0.5, 0.6) is 11.5 Å². The normalized spacial score (nSPS) is 13.9. The summed E-state index contributed by atoms with van der Waals surface area (Å²) in [4.78, 5) is 22.6. The van der Waals surface area contributed by atoms with Crippen molar-refractivity contribution in [2.24, 2.45) is 0 Å². The number of phenols is 2. The lowest BCUT2D eigenvalue weighted by molar-refractivity contribution is 0.0730. The van der Waals surface area contributed by atoms with Crippen LogP contribution in [-0.2, 0) is 13.0 Å². The molecule has 1 amide bonds. The Labute approximate surface area is 144 Å². The van der Waals surface area contributed by atoms with Crippen molar-refractivity contribution in [1.82, 2.24) is 14.9 Å². The molecule has 1 aromatic heterocycles. The monoisotopic (exact) mass is 347 g/mol. The number of phenolic OH excluding ortho intramolecular Hbond substituents is 2. The number of fused-ring (bicyclic) bond motifs is 1. The maximum atomic E-state index is 12.8. The Balaban J connectivity index is 1.90. The van der Waals surface area contributed by atoms with Gasteiger partial charge in [-0.2, -0.15) is 0 Å². The minimum atomic E-state index is -0.282. The quantitative estimate of drug-likeness (QED) is 0.816. The summed E-state index contributed by atoms with van der Waals surface area (Å²) in [5, 5.41) is 20.2. The van der Waals surface area contributed by atoms with Crippen molar-refractivity contribution >= 4 is 17.5 Å². The van der Waals surface area contributed by atoms with Gasteiger partial charge in [0.05, 0.1) is 11.3 Å². The zero-order valence-corrected chi connectivity index (χ0v) is 14.2. The molecule has 3 rings (SSSR count). The van der Waals surface area contributed by atoms with E-state index in [1.165, 1.54) is 6.07 Å². The first kappa shape index (κ1) is 16.5. The molecule has 2 heterocycles. The molecule has 1 aliphatic rings. The van der Waals surface area contributed by atoms with Gasteiger partial charge in [-0.15, -0.1) is 0 Å². The summed E-state index contributed by atoms with van der Waals surface area (Å²) < 4.78 is 0. The fourth-order valence-corrected chi connectivity index (χ4v) is 3.01. The summed E-state index contributed by atoms with van der Waals surface area (Å²) in [5.74, 6) is -0.476. The van der Waals surface area contributed by atoms with Crippen LogP contribution in [0.1, 0.15) is 46.9 Å². The second-order valence-corrected chi connectivity index (χ2v) is 6.51. The topological polar surface area (TPSA) is 86.6 Å². The maximum absolute atomic E-state index is 12.8. The predicted molar refractivity (Wildman–Crippen MR) is 89.3 cm³/mol. The Morgan fingerprint density at radius 3 is 2.75 bits per heavy atom. The van der Waals surface area contributed by atoms with Gasteiger partial charge in [-0.05, 0) is 29.1 Å². The number of aromatic nitrogens is 2. The number of benzene rings is 1. The molecule has 2 aromatic rings. The van der Waals surface area contributed by atoms with E-state index < -0.39 is 0 Å². The van der Waals surface area contributed by atoms with Gasteiger partial charge < -0.3 is 15.1 Å². The first-order valence-electron chi connectivity index (χ1n) is 7.72. The van der Waals surface area contributed by atoms with Crippen LogP contribution in [-0.4, -0.2) is 37.5 Å². The molecule has 0 radical (unpaired) electrons. The zero-order valence-electron chi connectivity index (χ0n) is 13.5. The molecule has 6 nitrogen and oxygen atoms in total. The number of hydrogen-bond donors (Lipinski definition) is 2. The number of aromatic hydroxyl groups is 2. The molecule has 0 saturated heterocycles. The van der Waals surface area contributed by atoms with Crippen LogP contribution < -0.4 is 0 Å². The molecule has 2 N–H and O–H groups in total. The smallest absolute Gasteiger partial charge is 0.257 e. The first-order chi connectivity index (χ1) is 11.4. The molecule has 7 heteroatoms. The number of amides is 1. The van der Waals surface area contributed by atoms with Crippen molar-refractivity contribution < 1.29 is 15.0 Å². The summed E-state index contributed by atoms with van der Waals surface area (Å²) in [6, 6.07) is 2.79. The van der Waals surface area contributed by atoms with Gasteiger partial charge in [0.25, 0.3) is 5.91 Å². The third kappa shape index (κ3) is 3.01. The van der Waals surface area contributed by atoms with Crippen molar-refractivity contribution in [2.75, 3.05) is 6.54 Å². The van der Waals surface area contributed by atoms with Crippen LogP contribution in [0.2, 0.25) is 5.28 Å². The second-order valence-electron chi connectivity index (χ2n) is 6.17. The average molecular weight is 348 g/mol. The Hall–Kier alpha value is -2.34. The molecule has 24 heavy (non-hydrogen) atoms. The third-order valence-corrected chi connectivity index (χ3v) is 4.37. The molecule has 0 unspecified atom stereocenters. The summed E-state index contributed by atoms with van der Waals surface area (Å²) in [6.07, 6.45) is 2.21. The van der Waals surface area contributed by atoms with Crippen LogP contribution in [0.15, 0.2) is 18.3 Å². The van der Waals surface area contributed by atoms with Gasteiger partial charge in [0.1, 0.15) is 11.5 Å². The van der Waals surface area contributed by atoms with Crippen molar-refractivity contribution in [3.8, 4) is 11.5 Å². The molecule has 0 fully saturated rings. The molecule has 0 saturated carbocycles. The molecule has 0 bridgehead atoms. The number of hydrogen-bond acceptors (Lipinski definition) is 5. The van der Waals surface area contributed by atoms with Gasteiger partial charge in [-0.25, -0.2) is 9.97 Å². The van der Waals surface area contributed by atoms with E-state index in [2.05, 4.69) is 9.97 Å². The highest BCUT2D eigenvalue weighted by Crippen LogP contribution is 2.33. The number of rotatable bonds is 2. The van der Waals surface area contributed by atoms with Crippen LogP contribution in [0, 0.1) is 0 Å². The number of nitrogens with zero attached hydrogens (tertiary/aromatic N) is 3. The van der Waals surface area contributed by atoms with Crippen LogP contribution >= 0.6 is 11.6 Å². The van der Waals surface area contributed by atoms with Gasteiger partial charge in [0.15, 0.2) is 0 Å². The summed E-state index contributed by atoms with van der Waals surface area (Å²) in [6.45, 7) is 4.68. The summed E-state index contributed by atoms with van der Waals surface area (Å²) in [7, 11) is 0. The highest BCUT2D eigenvalue weighted by atomic mass is 35.5. The van der Waals surface area contributed by atoms with Crippen molar-refractivity contribution in [1.29, 1.82) is 0 Å². The van der Waals surface area contributed by atoms with E-state index in [4.69, 9.17) is 11.6 Å². The molecule has 1 aromatic carbocycles. The minimum Gasteiger partial charge on any atom is -0.508 e. The first-order valence-corrected chi connectivity index (χ1v) is 8.10. The van der Waals surface area contributed by atoms with Crippen LogP contribution in [0.3, 0.4) is 0 Å². The van der Waals surface area contributed by atoms with Crippen molar-refractivity contribution in [2.45, 2.75) is 32.7 Å². The standard InChI is InChI=1S/C17H18ClN3O3/c1-9(2)11-5-12(15(23)6-14(11)22)16(24)21-4-3-13-10(8-21)7-19-17(18)20-13/h5-7,9,22-23H,3-4,8H2,1-2H3. The summed E-state index contributed by atoms with van der Waals surface area (Å²) in [5.41, 5.74) is 2.51. The van der Waals surface area contributed by atoms with Crippen LogP contribution in [0.4, 0.5) is 0 Å². The molecule has 0 aliphatic carbocycles. The molecule has 0 atom stereocenters. The summed E-state index contributed by atoms with van der Waals surface area (Å²) >= 11 is 5.79.